The lowest BCUT2D eigenvalue weighted by molar-refractivity contribution is 0.111. The molecule has 1 aromatic carbocycles. The quantitative estimate of drug-likeness (QED) is 0.817. The zero-order chi connectivity index (χ0) is 17.9. The summed E-state index contributed by atoms with van der Waals surface area (Å²) < 4.78 is 5.58. The fourth-order valence-corrected chi connectivity index (χ4v) is 3.65. The summed E-state index contributed by atoms with van der Waals surface area (Å²) in [6, 6.07) is 7.37. The molecule has 6 nitrogen and oxygen atoms in total. The second kappa shape index (κ2) is 7.68. The van der Waals surface area contributed by atoms with E-state index in [2.05, 4.69) is 34.7 Å². The number of hydrogen-bond donors (Lipinski definition) is 2. The molecule has 0 bridgehead atoms. The molecule has 1 fully saturated rings. The molecule has 134 valence electrons. The molecule has 0 saturated carbocycles. The Morgan fingerprint density at radius 1 is 1.44 bits per heavy atom. The largest absolute Gasteiger partial charge is 0.371 e. The Kier molecular flexibility index (Phi) is 5.56. The Morgan fingerprint density at radius 2 is 2.28 bits per heavy atom. The maximum Gasteiger partial charge on any atom is 0.321 e. The third kappa shape index (κ3) is 4.68. The van der Waals surface area contributed by atoms with Crippen LogP contribution in [-0.4, -0.2) is 29.4 Å². The molecule has 1 unspecified atom stereocenters. The number of rotatable bonds is 5. The molecule has 0 aliphatic carbocycles. The van der Waals surface area contributed by atoms with Crippen molar-refractivity contribution in [1.29, 1.82) is 0 Å². The maximum atomic E-state index is 12.1. The number of hydrogen-bond acceptors (Lipinski definition) is 5. The predicted octanol–water partition coefficient (Wildman–Crippen LogP) is 4.14. The van der Waals surface area contributed by atoms with Gasteiger partial charge in [0.05, 0.1) is 0 Å². The first-order chi connectivity index (χ1) is 11.9. The molecule has 1 saturated heterocycles. The monoisotopic (exact) mass is 380 g/mol. The first-order valence-electron chi connectivity index (χ1n) is 8.20. The van der Waals surface area contributed by atoms with Gasteiger partial charge in [-0.2, -0.15) is 0 Å². The summed E-state index contributed by atoms with van der Waals surface area (Å²) >= 11 is 7.41. The van der Waals surface area contributed by atoms with Crippen molar-refractivity contribution >= 4 is 34.1 Å². The molecule has 25 heavy (non-hydrogen) atoms. The van der Waals surface area contributed by atoms with Crippen LogP contribution in [0.25, 0.3) is 0 Å². The minimum Gasteiger partial charge on any atom is -0.371 e. The van der Waals surface area contributed by atoms with Gasteiger partial charge in [-0.3, -0.25) is 5.32 Å². The first-order valence-corrected chi connectivity index (χ1v) is 9.39. The van der Waals surface area contributed by atoms with Gasteiger partial charge in [0.25, 0.3) is 0 Å². The third-order valence-electron chi connectivity index (χ3n) is 4.16. The zero-order valence-electron chi connectivity index (χ0n) is 14.2. The highest BCUT2D eigenvalue weighted by Crippen LogP contribution is 2.31. The first kappa shape index (κ1) is 18.1. The predicted molar refractivity (Wildman–Crippen MR) is 99.3 cm³/mol. The van der Waals surface area contributed by atoms with E-state index in [-0.39, 0.29) is 17.6 Å². The van der Waals surface area contributed by atoms with Crippen molar-refractivity contribution in [1.82, 2.24) is 15.5 Å². The summed E-state index contributed by atoms with van der Waals surface area (Å²) in [6.07, 6.45) is 2.00. The van der Waals surface area contributed by atoms with Crippen molar-refractivity contribution in [3.8, 4) is 0 Å². The van der Waals surface area contributed by atoms with Gasteiger partial charge in [-0.1, -0.05) is 48.9 Å². The van der Waals surface area contributed by atoms with E-state index >= 15 is 0 Å². The highest BCUT2D eigenvalue weighted by atomic mass is 35.5. The number of halogens is 1. The summed E-state index contributed by atoms with van der Waals surface area (Å²) in [5, 5.41) is 15.7. The average Bonchev–Trinajstić information content (AvgIpc) is 3.24. The van der Waals surface area contributed by atoms with E-state index in [9.17, 15) is 4.79 Å². The number of ether oxygens (including phenoxy) is 1. The van der Waals surface area contributed by atoms with E-state index in [4.69, 9.17) is 16.3 Å². The molecule has 2 aromatic rings. The van der Waals surface area contributed by atoms with Gasteiger partial charge < -0.3 is 10.1 Å². The van der Waals surface area contributed by atoms with E-state index < -0.39 is 0 Å². The van der Waals surface area contributed by atoms with Crippen LogP contribution >= 0.6 is 22.9 Å². The van der Waals surface area contributed by atoms with Crippen molar-refractivity contribution in [2.45, 2.75) is 38.2 Å². The lowest BCUT2D eigenvalue weighted by atomic mass is 9.85. The number of anilines is 1. The molecule has 0 spiro atoms. The van der Waals surface area contributed by atoms with E-state index in [0.717, 1.165) is 30.0 Å². The Balaban J connectivity index is 1.54. The molecule has 1 aromatic heterocycles. The summed E-state index contributed by atoms with van der Waals surface area (Å²) in [4.78, 5) is 12.1. The number of nitrogens with zero attached hydrogens (tertiary/aromatic N) is 2. The molecule has 2 heterocycles. The summed E-state index contributed by atoms with van der Waals surface area (Å²) in [5.41, 5.74) is 0.823. The number of aromatic nitrogens is 2. The van der Waals surface area contributed by atoms with E-state index in [1.54, 1.807) is 0 Å². The van der Waals surface area contributed by atoms with Gasteiger partial charge in [0.1, 0.15) is 11.1 Å². The average molecular weight is 381 g/mol. The Hall–Kier alpha value is -1.70. The van der Waals surface area contributed by atoms with Crippen molar-refractivity contribution in [2.75, 3.05) is 18.5 Å². The third-order valence-corrected chi connectivity index (χ3v) is 5.33. The maximum absolute atomic E-state index is 12.1. The van der Waals surface area contributed by atoms with E-state index in [1.165, 1.54) is 11.3 Å². The van der Waals surface area contributed by atoms with Crippen molar-refractivity contribution in [3.05, 3.63) is 39.9 Å². The molecule has 1 aliphatic rings. The Bertz CT molecular complexity index is 744. The van der Waals surface area contributed by atoms with Crippen LogP contribution in [0.4, 0.5) is 9.93 Å². The minimum absolute atomic E-state index is 0.0119. The van der Waals surface area contributed by atoms with Crippen LogP contribution in [0.3, 0.4) is 0 Å². The Labute approximate surface area is 155 Å². The lowest BCUT2D eigenvalue weighted by Gasteiger charge is -2.25. The summed E-state index contributed by atoms with van der Waals surface area (Å²) in [7, 11) is 0. The van der Waals surface area contributed by atoms with Crippen molar-refractivity contribution < 1.29 is 9.53 Å². The molecule has 2 N–H and O–H groups in total. The van der Waals surface area contributed by atoms with E-state index in [1.807, 2.05) is 24.3 Å². The van der Waals surface area contributed by atoms with Crippen molar-refractivity contribution in [2.24, 2.45) is 0 Å². The summed E-state index contributed by atoms with van der Waals surface area (Å²) in [6.45, 7) is 5.33. The van der Waals surface area contributed by atoms with Gasteiger partial charge >= 0.3 is 6.03 Å². The molecule has 8 heteroatoms. The van der Waals surface area contributed by atoms with E-state index in [0.29, 0.717) is 16.7 Å². The number of nitrogens with one attached hydrogen (secondary N) is 2. The highest BCUT2D eigenvalue weighted by molar-refractivity contribution is 7.15. The SMILES string of the molecule is CC(C)(CNC(=O)Nc1nnc(C2CCCO2)s1)c1cccc(Cl)c1. The van der Waals surface area contributed by atoms with Crippen LogP contribution in [0.1, 0.15) is 43.4 Å². The van der Waals surface area contributed by atoms with Crippen LogP contribution < -0.4 is 10.6 Å². The van der Waals surface area contributed by atoms with Crippen LogP contribution in [0.15, 0.2) is 24.3 Å². The van der Waals surface area contributed by atoms with Gasteiger partial charge in [-0.05, 0) is 30.5 Å². The molecule has 3 rings (SSSR count). The fourth-order valence-electron chi connectivity index (χ4n) is 2.64. The molecule has 1 atom stereocenters. The summed E-state index contributed by atoms with van der Waals surface area (Å²) in [5.74, 6) is 0. The second-order valence-electron chi connectivity index (χ2n) is 6.65. The molecular weight excluding hydrogens is 360 g/mol. The fraction of sp³-hybridized carbons (Fsp3) is 0.471. The van der Waals surface area contributed by atoms with Gasteiger partial charge in [-0.15, -0.1) is 10.2 Å². The topological polar surface area (TPSA) is 76.1 Å². The molecular formula is C17H21ClN4O2S. The van der Waals surface area contributed by atoms with Gasteiger partial charge in [-0.25, -0.2) is 4.79 Å². The van der Waals surface area contributed by atoms with Gasteiger partial charge in [0.2, 0.25) is 5.13 Å². The smallest absolute Gasteiger partial charge is 0.321 e. The molecule has 2 amide bonds. The van der Waals surface area contributed by atoms with Gasteiger partial charge in [0, 0.05) is 23.6 Å². The zero-order valence-corrected chi connectivity index (χ0v) is 15.8. The lowest BCUT2D eigenvalue weighted by Crippen LogP contribution is -2.38. The normalized spacial score (nSPS) is 17.5. The number of amides is 2. The number of carbonyl (C=O) groups is 1. The standard InChI is InChI=1S/C17H21ClN4O2S/c1-17(2,11-5-3-6-12(18)9-11)10-19-15(23)20-16-22-21-14(25-16)13-7-4-8-24-13/h3,5-6,9,13H,4,7-8,10H2,1-2H3,(H2,19,20,22,23). The molecule has 1 aliphatic heterocycles. The Morgan fingerprint density at radius 3 is 3.00 bits per heavy atom. The van der Waals surface area contributed by atoms with Crippen molar-refractivity contribution in [3.63, 3.8) is 0 Å². The second-order valence-corrected chi connectivity index (χ2v) is 8.09. The number of urea groups is 1. The number of carbonyl (C=O) groups excluding carboxylic acids is 1. The van der Waals surface area contributed by atoms with Gasteiger partial charge in [0.15, 0.2) is 0 Å². The minimum atomic E-state index is -0.301. The van der Waals surface area contributed by atoms with Crippen LogP contribution in [-0.2, 0) is 10.2 Å². The molecule has 0 radical (unpaired) electrons. The highest BCUT2D eigenvalue weighted by Gasteiger charge is 2.24. The number of benzene rings is 1. The van der Waals surface area contributed by atoms with Crippen LogP contribution in [0, 0.1) is 0 Å². The van der Waals surface area contributed by atoms with Crippen LogP contribution in [0.2, 0.25) is 5.02 Å². The van der Waals surface area contributed by atoms with Crippen LogP contribution in [0.5, 0.6) is 0 Å².